The first-order chi connectivity index (χ1) is 4.85. The van der Waals surface area contributed by atoms with Crippen LogP contribution in [0.4, 0.5) is 0 Å². The minimum atomic E-state index is -0.250. The number of aliphatic hydroxyl groups excluding tert-OH is 1. The van der Waals surface area contributed by atoms with Crippen LogP contribution in [0.3, 0.4) is 0 Å². The number of carboxylic acid groups (broad SMARTS) is 1. The van der Waals surface area contributed by atoms with Crippen LogP contribution in [0.2, 0.25) is 0 Å². The molecule has 1 rings (SSSR count). The summed E-state index contributed by atoms with van der Waals surface area (Å²) >= 11 is 0. The van der Waals surface area contributed by atoms with Gasteiger partial charge in [-0.2, -0.15) is 0 Å². The Morgan fingerprint density at radius 3 is 1.80 bits per heavy atom. The minimum Gasteiger partial charge on any atom is -0.515 e. The highest BCUT2D eigenvalue weighted by molar-refractivity contribution is 5.38. The fourth-order valence-electron chi connectivity index (χ4n) is 0.475. The van der Waals surface area contributed by atoms with E-state index in [0.29, 0.717) is 0 Å². The van der Waals surface area contributed by atoms with E-state index in [9.17, 15) is 0 Å². The Morgan fingerprint density at radius 2 is 1.60 bits per heavy atom. The topological polar surface area (TPSA) is 57.5 Å². The number of allylic oxidation sites excluding steroid dienone is 5. The second kappa shape index (κ2) is 5.62. The van der Waals surface area contributed by atoms with Gasteiger partial charge in [0.15, 0.2) is 0 Å². The van der Waals surface area contributed by atoms with E-state index in [0.717, 1.165) is 11.8 Å². The SMILES string of the molecule is O=CO.OC=C1C=CC=C1. The highest BCUT2D eigenvalue weighted by Crippen LogP contribution is 2.03. The van der Waals surface area contributed by atoms with Crippen molar-refractivity contribution in [1.82, 2.24) is 0 Å². The minimum absolute atomic E-state index is 0.250. The van der Waals surface area contributed by atoms with Gasteiger partial charge in [0.25, 0.3) is 6.47 Å². The zero-order valence-electron chi connectivity index (χ0n) is 5.27. The van der Waals surface area contributed by atoms with Gasteiger partial charge in [-0.25, -0.2) is 0 Å². The molecule has 0 radical (unpaired) electrons. The number of hydrogen-bond acceptors (Lipinski definition) is 2. The largest absolute Gasteiger partial charge is 0.515 e. The molecule has 0 amide bonds. The summed E-state index contributed by atoms with van der Waals surface area (Å²) in [5.74, 6) is 0. The summed E-state index contributed by atoms with van der Waals surface area (Å²) in [5.41, 5.74) is 0.861. The molecule has 3 nitrogen and oxygen atoms in total. The van der Waals surface area contributed by atoms with Crippen molar-refractivity contribution in [2.24, 2.45) is 0 Å². The van der Waals surface area contributed by atoms with Crippen LogP contribution < -0.4 is 0 Å². The van der Waals surface area contributed by atoms with Crippen molar-refractivity contribution < 1.29 is 15.0 Å². The summed E-state index contributed by atoms with van der Waals surface area (Å²) in [7, 11) is 0. The van der Waals surface area contributed by atoms with Crippen molar-refractivity contribution in [1.29, 1.82) is 0 Å². The van der Waals surface area contributed by atoms with Crippen molar-refractivity contribution in [2.45, 2.75) is 0 Å². The first-order valence-electron chi connectivity index (χ1n) is 2.62. The van der Waals surface area contributed by atoms with Crippen LogP contribution in [0.25, 0.3) is 0 Å². The van der Waals surface area contributed by atoms with Gasteiger partial charge in [0.2, 0.25) is 0 Å². The van der Waals surface area contributed by atoms with Crippen LogP contribution in [0, 0.1) is 0 Å². The molecule has 0 spiro atoms. The molecule has 0 fully saturated rings. The van der Waals surface area contributed by atoms with Crippen LogP contribution in [-0.2, 0) is 4.79 Å². The van der Waals surface area contributed by atoms with Crippen molar-refractivity contribution in [3.63, 3.8) is 0 Å². The van der Waals surface area contributed by atoms with E-state index in [1.54, 1.807) is 0 Å². The van der Waals surface area contributed by atoms with Gasteiger partial charge in [-0.05, 0) is 0 Å². The third-order valence-electron chi connectivity index (χ3n) is 0.838. The number of aliphatic hydroxyl groups is 1. The van der Waals surface area contributed by atoms with E-state index in [-0.39, 0.29) is 6.47 Å². The normalized spacial score (nSPS) is 12.2. The molecule has 2 N–H and O–H groups in total. The first-order valence-corrected chi connectivity index (χ1v) is 2.62. The summed E-state index contributed by atoms with van der Waals surface area (Å²) in [4.78, 5) is 8.36. The highest BCUT2D eigenvalue weighted by Gasteiger charge is 1.86. The van der Waals surface area contributed by atoms with Crippen LogP contribution >= 0.6 is 0 Å². The van der Waals surface area contributed by atoms with Gasteiger partial charge in [0.05, 0.1) is 6.26 Å². The Balaban J connectivity index is 0.000000236. The standard InChI is InChI=1S/C6H6O.CH2O2/c7-5-6-3-1-2-4-6;2-1-3/h1-5,7H;1H,(H,2,3). The summed E-state index contributed by atoms with van der Waals surface area (Å²) in [6.45, 7) is -0.250. The highest BCUT2D eigenvalue weighted by atomic mass is 16.3. The van der Waals surface area contributed by atoms with Crippen molar-refractivity contribution in [2.75, 3.05) is 0 Å². The second-order valence-corrected chi connectivity index (χ2v) is 1.45. The van der Waals surface area contributed by atoms with Gasteiger partial charge in [0, 0.05) is 5.57 Å². The third kappa shape index (κ3) is 3.49. The Kier molecular flexibility index (Phi) is 4.77. The molecule has 1 aliphatic rings. The lowest BCUT2D eigenvalue weighted by Crippen LogP contribution is -1.61. The number of rotatable bonds is 0. The molecule has 1 aliphatic carbocycles. The summed E-state index contributed by atoms with van der Waals surface area (Å²) < 4.78 is 0. The van der Waals surface area contributed by atoms with Gasteiger partial charge in [-0.3, -0.25) is 4.79 Å². The maximum Gasteiger partial charge on any atom is 0.290 e. The van der Waals surface area contributed by atoms with E-state index in [2.05, 4.69) is 0 Å². The molecule has 0 aromatic heterocycles. The molecule has 0 saturated carbocycles. The molecular weight excluding hydrogens is 132 g/mol. The van der Waals surface area contributed by atoms with Crippen molar-refractivity contribution in [3.05, 3.63) is 36.1 Å². The molecule has 10 heavy (non-hydrogen) atoms. The van der Waals surface area contributed by atoms with E-state index < -0.39 is 0 Å². The molecule has 0 aromatic rings. The van der Waals surface area contributed by atoms with Gasteiger partial charge in [-0.1, -0.05) is 24.3 Å². The van der Waals surface area contributed by atoms with Gasteiger partial charge < -0.3 is 10.2 Å². The van der Waals surface area contributed by atoms with Gasteiger partial charge in [-0.15, -0.1) is 0 Å². The Bertz CT molecular complexity index is 163. The zero-order chi connectivity index (χ0) is 7.82. The average Bonchev–Trinajstić information content (AvgIpc) is 2.39. The van der Waals surface area contributed by atoms with Gasteiger partial charge >= 0.3 is 0 Å². The van der Waals surface area contributed by atoms with E-state index in [4.69, 9.17) is 15.0 Å². The maximum atomic E-state index is 8.36. The molecule has 0 saturated heterocycles. The summed E-state index contributed by atoms with van der Waals surface area (Å²) in [6.07, 6.45) is 8.50. The van der Waals surface area contributed by atoms with E-state index in [1.165, 1.54) is 0 Å². The number of hydrogen-bond donors (Lipinski definition) is 2. The fourth-order valence-corrected chi connectivity index (χ4v) is 0.475. The monoisotopic (exact) mass is 140 g/mol. The Morgan fingerprint density at radius 1 is 1.20 bits per heavy atom. The van der Waals surface area contributed by atoms with Crippen molar-refractivity contribution >= 4 is 6.47 Å². The molecular formula is C7H8O3. The van der Waals surface area contributed by atoms with Crippen LogP contribution in [0.1, 0.15) is 0 Å². The van der Waals surface area contributed by atoms with E-state index in [1.807, 2.05) is 24.3 Å². The maximum absolute atomic E-state index is 8.36. The molecule has 0 aliphatic heterocycles. The zero-order valence-corrected chi connectivity index (χ0v) is 5.27. The van der Waals surface area contributed by atoms with Crippen molar-refractivity contribution in [3.8, 4) is 0 Å². The molecule has 0 bridgehead atoms. The van der Waals surface area contributed by atoms with Crippen LogP contribution in [-0.4, -0.2) is 16.7 Å². The predicted octanol–water partition coefficient (Wildman–Crippen LogP) is 1.26. The Labute approximate surface area is 58.6 Å². The smallest absolute Gasteiger partial charge is 0.290 e. The lowest BCUT2D eigenvalue weighted by molar-refractivity contribution is -0.122. The van der Waals surface area contributed by atoms with Gasteiger partial charge in [0.1, 0.15) is 0 Å². The average molecular weight is 140 g/mol. The molecule has 0 atom stereocenters. The Hall–Kier alpha value is -1.51. The lowest BCUT2D eigenvalue weighted by Gasteiger charge is -1.77. The van der Waals surface area contributed by atoms with Crippen LogP contribution in [0.5, 0.6) is 0 Å². The predicted molar refractivity (Wildman–Crippen MR) is 37.7 cm³/mol. The summed E-state index contributed by atoms with van der Waals surface area (Å²) in [6, 6.07) is 0. The lowest BCUT2D eigenvalue weighted by atomic mass is 10.3. The molecule has 3 heteroatoms. The van der Waals surface area contributed by atoms with Crippen LogP contribution in [0.15, 0.2) is 36.1 Å². The third-order valence-corrected chi connectivity index (χ3v) is 0.838. The molecule has 54 valence electrons. The fraction of sp³-hybridized carbons (Fsp3) is 0. The summed E-state index contributed by atoms with van der Waals surface area (Å²) in [5, 5.41) is 15.2. The first kappa shape index (κ1) is 8.49. The molecule has 0 aromatic carbocycles. The molecule has 0 heterocycles. The number of carbonyl (C=O) groups is 1. The van der Waals surface area contributed by atoms with E-state index >= 15 is 0 Å². The second-order valence-electron chi connectivity index (χ2n) is 1.45. The quantitative estimate of drug-likeness (QED) is 0.393. The molecule has 0 unspecified atom stereocenters.